The van der Waals surface area contributed by atoms with Crippen LogP contribution in [0.15, 0.2) is 0 Å². The van der Waals surface area contributed by atoms with Gasteiger partial charge in [0.05, 0.1) is 5.00 Å². The summed E-state index contributed by atoms with van der Waals surface area (Å²) in [5, 5.41) is 1.03. The lowest BCUT2D eigenvalue weighted by Crippen LogP contribution is -1.84. The van der Waals surface area contributed by atoms with E-state index in [2.05, 4.69) is 6.92 Å². The molecule has 0 spiro atoms. The quantitative estimate of drug-likeness (QED) is 0.607. The molecule has 0 bridgehead atoms. The second kappa shape index (κ2) is 1.99. The fourth-order valence-corrected chi connectivity index (χ4v) is 2.75. The highest BCUT2D eigenvalue weighted by Gasteiger charge is 2.17. The van der Waals surface area contributed by atoms with E-state index < -0.39 is 0 Å². The number of nitrogen functional groups attached to an aromatic ring is 1. The monoisotopic (exact) mass is 153 g/mol. The molecule has 1 aromatic heterocycles. The van der Waals surface area contributed by atoms with E-state index in [-0.39, 0.29) is 0 Å². The molecular formula is C8H11NS. The average molecular weight is 153 g/mol. The van der Waals surface area contributed by atoms with Crippen molar-refractivity contribution in [3.63, 3.8) is 0 Å². The fourth-order valence-electron chi connectivity index (χ4n) is 1.58. The number of anilines is 1. The highest BCUT2D eigenvalue weighted by molar-refractivity contribution is 7.16. The van der Waals surface area contributed by atoms with Crippen molar-refractivity contribution in [1.29, 1.82) is 0 Å². The van der Waals surface area contributed by atoms with Crippen molar-refractivity contribution >= 4 is 16.3 Å². The van der Waals surface area contributed by atoms with E-state index in [9.17, 15) is 0 Å². The number of hydrogen-bond acceptors (Lipinski definition) is 2. The SMILES string of the molecule is Cc1c(N)sc2c1CCC2. The van der Waals surface area contributed by atoms with Crippen molar-refractivity contribution in [3.05, 3.63) is 16.0 Å². The molecule has 0 saturated heterocycles. The first-order valence-corrected chi connectivity index (χ1v) is 4.47. The van der Waals surface area contributed by atoms with Gasteiger partial charge in [-0.1, -0.05) is 0 Å². The van der Waals surface area contributed by atoms with Gasteiger partial charge in [0.15, 0.2) is 0 Å². The molecule has 1 nitrogen and oxygen atoms in total. The van der Waals surface area contributed by atoms with Gasteiger partial charge < -0.3 is 5.73 Å². The molecule has 0 atom stereocenters. The Hall–Kier alpha value is -0.500. The summed E-state index contributed by atoms with van der Waals surface area (Å²) in [5.41, 5.74) is 8.66. The van der Waals surface area contributed by atoms with E-state index in [4.69, 9.17) is 5.73 Å². The van der Waals surface area contributed by atoms with E-state index >= 15 is 0 Å². The normalized spacial score (nSPS) is 15.7. The van der Waals surface area contributed by atoms with Crippen LogP contribution >= 0.6 is 11.3 Å². The number of hydrogen-bond donors (Lipinski definition) is 1. The van der Waals surface area contributed by atoms with Crippen molar-refractivity contribution < 1.29 is 0 Å². The molecule has 2 heteroatoms. The largest absolute Gasteiger partial charge is 0.390 e. The van der Waals surface area contributed by atoms with Gasteiger partial charge in [-0.3, -0.25) is 0 Å². The molecule has 1 aliphatic rings. The van der Waals surface area contributed by atoms with Gasteiger partial charge in [0.2, 0.25) is 0 Å². The molecule has 10 heavy (non-hydrogen) atoms. The van der Waals surface area contributed by atoms with Crippen molar-refractivity contribution in [2.75, 3.05) is 5.73 Å². The molecule has 1 aromatic rings. The summed E-state index contributed by atoms with van der Waals surface area (Å²) in [4.78, 5) is 1.54. The van der Waals surface area contributed by atoms with Crippen LogP contribution in [0.25, 0.3) is 0 Å². The Morgan fingerprint density at radius 1 is 1.40 bits per heavy atom. The summed E-state index contributed by atoms with van der Waals surface area (Å²) >= 11 is 1.78. The molecule has 2 N–H and O–H groups in total. The minimum atomic E-state index is 1.03. The first-order valence-electron chi connectivity index (χ1n) is 3.65. The van der Waals surface area contributed by atoms with Gasteiger partial charge in [0.1, 0.15) is 0 Å². The van der Waals surface area contributed by atoms with Crippen LogP contribution in [-0.4, -0.2) is 0 Å². The lowest BCUT2D eigenvalue weighted by molar-refractivity contribution is 0.912. The smallest absolute Gasteiger partial charge is 0.0891 e. The van der Waals surface area contributed by atoms with E-state index in [0.717, 1.165) is 5.00 Å². The second-order valence-corrected chi connectivity index (χ2v) is 3.98. The number of nitrogens with two attached hydrogens (primary N) is 1. The van der Waals surface area contributed by atoms with E-state index in [1.54, 1.807) is 16.9 Å². The van der Waals surface area contributed by atoms with Crippen LogP contribution in [0.2, 0.25) is 0 Å². The molecule has 1 aliphatic carbocycles. The second-order valence-electron chi connectivity index (χ2n) is 2.85. The molecule has 1 heterocycles. The standard InChI is InChI=1S/C8H11NS/c1-5-6-3-2-4-7(6)10-8(5)9/h2-4,9H2,1H3. The predicted octanol–water partition coefficient (Wildman–Crippen LogP) is 2.13. The van der Waals surface area contributed by atoms with Crippen LogP contribution in [0, 0.1) is 6.92 Å². The molecule has 0 aliphatic heterocycles. The van der Waals surface area contributed by atoms with Crippen LogP contribution in [0.4, 0.5) is 5.00 Å². The number of thiophene rings is 1. The van der Waals surface area contributed by atoms with Gasteiger partial charge in [0.25, 0.3) is 0 Å². The van der Waals surface area contributed by atoms with E-state index in [1.807, 2.05) is 0 Å². The zero-order chi connectivity index (χ0) is 7.14. The summed E-state index contributed by atoms with van der Waals surface area (Å²) in [6.45, 7) is 2.13. The Balaban J connectivity index is 2.59. The molecule has 0 aromatic carbocycles. The topological polar surface area (TPSA) is 26.0 Å². The van der Waals surface area contributed by atoms with Gasteiger partial charge in [0, 0.05) is 4.88 Å². The Morgan fingerprint density at radius 2 is 2.20 bits per heavy atom. The maximum atomic E-state index is 5.77. The first kappa shape index (κ1) is 6.23. The Labute approximate surface area is 64.9 Å². The van der Waals surface area contributed by atoms with Crippen molar-refractivity contribution in [2.45, 2.75) is 26.2 Å². The fraction of sp³-hybridized carbons (Fsp3) is 0.500. The number of rotatable bonds is 0. The molecule has 0 saturated carbocycles. The van der Waals surface area contributed by atoms with Crippen LogP contribution in [0.1, 0.15) is 22.4 Å². The van der Waals surface area contributed by atoms with E-state index in [1.165, 1.54) is 29.7 Å². The summed E-state index contributed by atoms with van der Waals surface area (Å²) in [5.74, 6) is 0. The third-order valence-corrected chi connectivity index (χ3v) is 3.45. The maximum absolute atomic E-state index is 5.77. The van der Waals surface area contributed by atoms with Crippen LogP contribution < -0.4 is 5.73 Å². The van der Waals surface area contributed by atoms with Gasteiger partial charge in [-0.2, -0.15) is 0 Å². The van der Waals surface area contributed by atoms with Gasteiger partial charge in [-0.25, -0.2) is 0 Å². The maximum Gasteiger partial charge on any atom is 0.0891 e. The predicted molar refractivity (Wildman–Crippen MR) is 45.5 cm³/mol. The lowest BCUT2D eigenvalue weighted by atomic mass is 10.2. The summed E-state index contributed by atoms with van der Waals surface area (Å²) in [6.07, 6.45) is 3.86. The minimum Gasteiger partial charge on any atom is -0.390 e. The highest BCUT2D eigenvalue weighted by Crippen LogP contribution is 2.36. The third kappa shape index (κ3) is 0.686. The van der Waals surface area contributed by atoms with Gasteiger partial charge in [-0.05, 0) is 37.3 Å². The average Bonchev–Trinajstić information content (AvgIpc) is 2.41. The zero-order valence-electron chi connectivity index (χ0n) is 6.11. The van der Waals surface area contributed by atoms with Crippen molar-refractivity contribution in [2.24, 2.45) is 0 Å². The van der Waals surface area contributed by atoms with Gasteiger partial charge >= 0.3 is 0 Å². The van der Waals surface area contributed by atoms with Crippen LogP contribution in [0.5, 0.6) is 0 Å². The number of aryl methyl sites for hydroxylation is 1. The lowest BCUT2D eigenvalue weighted by Gasteiger charge is -1.91. The van der Waals surface area contributed by atoms with Crippen molar-refractivity contribution in [1.82, 2.24) is 0 Å². The third-order valence-electron chi connectivity index (χ3n) is 2.22. The molecule has 54 valence electrons. The molecule has 0 radical (unpaired) electrons. The highest BCUT2D eigenvalue weighted by atomic mass is 32.1. The Kier molecular flexibility index (Phi) is 1.24. The van der Waals surface area contributed by atoms with Crippen LogP contribution in [-0.2, 0) is 12.8 Å². The molecule has 2 rings (SSSR count). The Morgan fingerprint density at radius 3 is 2.90 bits per heavy atom. The summed E-state index contributed by atoms with van der Waals surface area (Å²) in [7, 11) is 0. The summed E-state index contributed by atoms with van der Waals surface area (Å²) in [6, 6.07) is 0. The van der Waals surface area contributed by atoms with Gasteiger partial charge in [-0.15, -0.1) is 11.3 Å². The van der Waals surface area contributed by atoms with Crippen molar-refractivity contribution in [3.8, 4) is 0 Å². The van der Waals surface area contributed by atoms with E-state index in [0.29, 0.717) is 0 Å². The molecular weight excluding hydrogens is 142 g/mol. The summed E-state index contributed by atoms with van der Waals surface area (Å²) < 4.78 is 0. The molecule has 0 fully saturated rings. The Bertz CT molecular complexity index is 262. The molecule has 0 unspecified atom stereocenters. The molecule has 0 amide bonds. The zero-order valence-corrected chi connectivity index (χ0v) is 6.92. The minimum absolute atomic E-state index is 1.03. The van der Waals surface area contributed by atoms with Crippen LogP contribution in [0.3, 0.4) is 0 Å². The first-order chi connectivity index (χ1) is 4.79. The number of fused-ring (bicyclic) bond motifs is 1.